The van der Waals surface area contributed by atoms with E-state index in [-0.39, 0.29) is 6.04 Å². The molecule has 0 aliphatic carbocycles. The molecule has 0 saturated carbocycles. The molecule has 1 aromatic rings. The molecule has 0 radical (unpaired) electrons. The molecule has 1 aromatic heterocycles. The van der Waals surface area contributed by atoms with Gasteiger partial charge in [-0.05, 0) is 13.2 Å². The molecule has 0 spiro atoms. The van der Waals surface area contributed by atoms with Crippen molar-refractivity contribution in [3.05, 3.63) is 12.2 Å². The van der Waals surface area contributed by atoms with E-state index in [4.69, 9.17) is 5.73 Å². The lowest BCUT2D eigenvalue weighted by Crippen LogP contribution is -2.27. The zero-order chi connectivity index (χ0) is 9.68. The number of aromatic nitrogens is 3. The smallest absolute Gasteiger partial charge is 0.138 e. The quantitative estimate of drug-likeness (QED) is 0.753. The first-order chi connectivity index (χ1) is 6.27. The molecule has 0 fully saturated rings. The topological polar surface area (TPSA) is 56.7 Å². The lowest BCUT2D eigenvalue weighted by atomic mass is 10.2. The van der Waals surface area contributed by atoms with Gasteiger partial charge in [-0.25, -0.2) is 4.98 Å². The normalized spacial score (nSPS) is 13.2. The molecule has 2 N–H and O–H groups in total. The fourth-order valence-electron chi connectivity index (χ4n) is 1.22. The summed E-state index contributed by atoms with van der Waals surface area (Å²) in [5.41, 5.74) is 5.90. The molecular weight excluding hydrogens is 184 g/mol. The van der Waals surface area contributed by atoms with Gasteiger partial charge in [0.1, 0.15) is 12.2 Å². The van der Waals surface area contributed by atoms with Crippen LogP contribution in [0.25, 0.3) is 0 Å². The SMILES string of the molecule is CCn1ncnc1CC(N)CSC. The summed E-state index contributed by atoms with van der Waals surface area (Å²) in [7, 11) is 0. The van der Waals surface area contributed by atoms with Gasteiger partial charge >= 0.3 is 0 Å². The Kier molecular flexibility index (Phi) is 4.24. The number of nitrogens with two attached hydrogens (primary N) is 1. The molecule has 0 amide bonds. The monoisotopic (exact) mass is 200 g/mol. The average molecular weight is 200 g/mol. The Morgan fingerprint density at radius 1 is 1.69 bits per heavy atom. The molecule has 0 bridgehead atoms. The molecule has 0 saturated heterocycles. The lowest BCUT2D eigenvalue weighted by molar-refractivity contribution is 0.588. The minimum atomic E-state index is 0.185. The van der Waals surface area contributed by atoms with Crippen LogP contribution in [0.1, 0.15) is 12.7 Å². The van der Waals surface area contributed by atoms with Gasteiger partial charge in [-0.1, -0.05) is 0 Å². The highest BCUT2D eigenvalue weighted by molar-refractivity contribution is 7.98. The van der Waals surface area contributed by atoms with E-state index in [0.717, 1.165) is 24.5 Å². The minimum absolute atomic E-state index is 0.185. The summed E-state index contributed by atoms with van der Waals surface area (Å²) in [6, 6.07) is 0.185. The Morgan fingerprint density at radius 3 is 3.08 bits per heavy atom. The van der Waals surface area contributed by atoms with Gasteiger partial charge in [-0.2, -0.15) is 16.9 Å². The number of nitrogens with zero attached hydrogens (tertiary/aromatic N) is 3. The summed E-state index contributed by atoms with van der Waals surface area (Å²) in [6.45, 7) is 2.92. The maximum absolute atomic E-state index is 5.90. The molecule has 1 heterocycles. The van der Waals surface area contributed by atoms with Crippen LogP contribution >= 0.6 is 11.8 Å². The summed E-state index contributed by atoms with van der Waals surface area (Å²) in [4.78, 5) is 4.17. The standard InChI is InChI=1S/C8H16N4S/c1-3-12-8(10-6-11-12)4-7(9)5-13-2/h6-7H,3-5,9H2,1-2H3. The van der Waals surface area contributed by atoms with Crippen molar-refractivity contribution < 1.29 is 0 Å². The van der Waals surface area contributed by atoms with Crippen LogP contribution in [0.15, 0.2) is 6.33 Å². The fraction of sp³-hybridized carbons (Fsp3) is 0.750. The number of hydrogen-bond acceptors (Lipinski definition) is 4. The summed E-state index contributed by atoms with van der Waals surface area (Å²) < 4.78 is 1.89. The first-order valence-corrected chi connectivity index (χ1v) is 5.78. The van der Waals surface area contributed by atoms with Crippen molar-refractivity contribution in [1.29, 1.82) is 0 Å². The summed E-state index contributed by atoms with van der Waals surface area (Å²) >= 11 is 1.76. The zero-order valence-corrected chi connectivity index (χ0v) is 8.92. The average Bonchev–Trinajstić information content (AvgIpc) is 2.52. The van der Waals surface area contributed by atoms with E-state index in [1.54, 1.807) is 18.1 Å². The molecule has 0 aliphatic rings. The molecule has 5 heteroatoms. The van der Waals surface area contributed by atoms with Crippen molar-refractivity contribution in [2.75, 3.05) is 12.0 Å². The Bertz CT molecular complexity index is 248. The van der Waals surface area contributed by atoms with Gasteiger partial charge in [0.05, 0.1) is 0 Å². The third-order valence-corrected chi connectivity index (χ3v) is 2.58. The first kappa shape index (κ1) is 10.5. The van der Waals surface area contributed by atoms with Crippen molar-refractivity contribution in [2.45, 2.75) is 25.9 Å². The molecule has 1 unspecified atom stereocenters. The van der Waals surface area contributed by atoms with Gasteiger partial charge < -0.3 is 5.73 Å². The third-order valence-electron chi connectivity index (χ3n) is 1.82. The van der Waals surface area contributed by atoms with Crippen molar-refractivity contribution in [1.82, 2.24) is 14.8 Å². The Balaban J connectivity index is 2.52. The molecule has 13 heavy (non-hydrogen) atoms. The molecule has 74 valence electrons. The van der Waals surface area contributed by atoms with E-state index in [1.165, 1.54) is 0 Å². The van der Waals surface area contributed by atoms with E-state index in [9.17, 15) is 0 Å². The maximum Gasteiger partial charge on any atom is 0.138 e. The van der Waals surface area contributed by atoms with Crippen LogP contribution in [0.5, 0.6) is 0 Å². The number of hydrogen-bond donors (Lipinski definition) is 1. The van der Waals surface area contributed by atoms with E-state index < -0.39 is 0 Å². The molecule has 0 aromatic carbocycles. The number of aryl methyl sites for hydroxylation is 1. The van der Waals surface area contributed by atoms with E-state index in [1.807, 2.05) is 4.68 Å². The van der Waals surface area contributed by atoms with Gasteiger partial charge in [-0.15, -0.1) is 0 Å². The molecule has 1 atom stereocenters. The van der Waals surface area contributed by atoms with Crippen LogP contribution in [0.2, 0.25) is 0 Å². The Labute approximate surface area is 82.9 Å². The summed E-state index contributed by atoms with van der Waals surface area (Å²) in [6.07, 6.45) is 4.46. The highest BCUT2D eigenvalue weighted by Crippen LogP contribution is 2.02. The van der Waals surface area contributed by atoms with Crippen LogP contribution in [0, 0.1) is 0 Å². The van der Waals surface area contributed by atoms with Crippen LogP contribution in [-0.4, -0.2) is 32.8 Å². The Hall–Kier alpha value is -0.550. The second kappa shape index (κ2) is 5.24. The molecule has 0 aliphatic heterocycles. The second-order valence-electron chi connectivity index (χ2n) is 2.91. The van der Waals surface area contributed by atoms with Crippen molar-refractivity contribution >= 4 is 11.8 Å². The highest BCUT2D eigenvalue weighted by Gasteiger charge is 2.08. The minimum Gasteiger partial charge on any atom is -0.327 e. The third kappa shape index (κ3) is 3.00. The molecule has 4 nitrogen and oxygen atoms in total. The summed E-state index contributed by atoms with van der Waals surface area (Å²) in [5, 5.41) is 4.09. The first-order valence-electron chi connectivity index (χ1n) is 4.39. The number of thioether (sulfide) groups is 1. The zero-order valence-electron chi connectivity index (χ0n) is 8.10. The van der Waals surface area contributed by atoms with Crippen molar-refractivity contribution in [3.63, 3.8) is 0 Å². The van der Waals surface area contributed by atoms with Crippen LogP contribution in [0.4, 0.5) is 0 Å². The predicted molar refractivity (Wildman–Crippen MR) is 55.8 cm³/mol. The Morgan fingerprint density at radius 2 is 2.46 bits per heavy atom. The van der Waals surface area contributed by atoms with Crippen LogP contribution in [0.3, 0.4) is 0 Å². The lowest BCUT2D eigenvalue weighted by Gasteiger charge is -2.09. The van der Waals surface area contributed by atoms with Gasteiger partial charge in [0.2, 0.25) is 0 Å². The van der Waals surface area contributed by atoms with E-state index >= 15 is 0 Å². The van der Waals surface area contributed by atoms with Gasteiger partial charge in [0.25, 0.3) is 0 Å². The van der Waals surface area contributed by atoms with Gasteiger partial charge in [0.15, 0.2) is 0 Å². The van der Waals surface area contributed by atoms with Crippen LogP contribution in [-0.2, 0) is 13.0 Å². The van der Waals surface area contributed by atoms with Crippen LogP contribution < -0.4 is 5.73 Å². The summed E-state index contributed by atoms with van der Waals surface area (Å²) in [5.74, 6) is 1.96. The molecule has 1 rings (SSSR count). The number of rotatable bonds is 5. The van der Waals surface area contributed by atoms with E-state index in [2.05, 4.69) is 23.3 Å². The molecular formula is C8H16N4S. The van der Waals surface area contributed by atoms with Crippen molar-refractivity contribution in [2.24, 2.45) is 5.73 Å². The maximum atomic E-state index is 5.90. The van der Waals surface area contributed by atoms with Gasteiger partial charge in [-0.3, -0.25) is 4.68 Å². The highest BCUT2D eigenvalue weighted by atomic mass is 32.2. The predicted octanol–water partition coefficient (Wildman–Crippen LogP) is 0.531. The fourth-order valence-corrected chi connectivity index (χ4v) is 1.76. The van der Waals surface area contributed by atoms with Crippen molar-refractivity contribution in [3.8, 4) is 0 Å². The van der Waals surface area contributed by atoms with Gasteiger partial charge in [0, 0.05) is 24.8 Å². The largest absolute Gasteiger partial charge is 0.327 e. The second-order valence-corrected chi connectivity index (χ2v) is 3.82. The van der Waals surface area contributed by atoms with E-state index in [0.29, 0.717) is 0 Å².